The van der Waals surface area contributed by atoms with Crippen molar-refractivity contribution in [3.63, 3.8) is 0 Å². The second kappa shape index (κ2) is 5.73. The molecule has 0 bridgehead atoms. The molecule has 0 saturated carbocycles. The molecule has 1 fully saturated rings. The highest BCUT2D eigenvalue weighted by atomic mass is 32.2. The molecule has 1 unspecified atom stereocenters. The normalized spacial score (nSPS) is 21.1. The van der Waals surface area contributed by atoms with Crippen LogP contribution < -0.4 is 5.32 Å². The van der Waals surface area contributed by atoms with Gasteiger partial charge in [0.1, 0.15) is 11.3 Å². The lowest BCUT2D eigenvalue weighted by Gasteiger charge is -2.12. The molecule has 1 saturated heterocycles. The highest BCUT2D eigenvalue weighted by Gasteiger charge is 2.27. The molecule has 3 heterocycles. The minimum Gasteiger partial charge on any atom is -0.327 e. The fraction of sp³-hybridized carbons (Fsp3) is 0.571. The molecule has 0 radical (unpaired) electrons. The SMILES string of the molecule is CCCn1c(CNC2CCS(=O)(=O)C2)nc2cnccc21. The molecular formula is C14H20N4O2S. The van der Waals surface area contributed by atoms with Gasteiger partial charge in [-0.3, -0.25) is 4.98 Å². The fourth-order valence-electron chi connectivity index (χ4n) is 2.83. The van der Waals surface area contributed by atoms with E-state index in [-0.39, 0.29) is 11.8 Å². The Morgan fingerprint density at radius 3 is 3.05 bits per heavy atom. The predicted molar refractivity (Wildman–Crippen MR) is 81.7 cm³/mol. The Labute approximate surface area is 124 Å². The largest absolute Gasteiger partial charge is 0.327 e. The average Bonchev–Trinajstić information content (AvgIpc) is 2.98. The van der Waals surface area contributed by atoms with Gasteiger partial charge < -0.3 is 9.88 Å². The summed E-state index contributed by atoms with van der Waals surface area (Å²) in [6, 6.07) is 2.02. The maximum atomic E-state index is 11.5. The van der Waals surface area contributed by atoms with Gasteiger partial charge in [-0.25, -0.2) is 13.4 Å². The maximum Gasteiger partial charge on any atom is 0.151 e. The van der Waals surface area contributed by atoms with Gasteiger partial charge in [0.15, 0.2) is 9.84 Å². The topological polar surface area (TPSA) is 76.9 Å². The molecule has 1 aliphatic heterocycles. The molecule has 0 amide bonds. The summed E-state index contributed by atoms with van der Waals surface area (Å²) in [6.45, 7) is 3.63. The molecule has 2 aromatic heterocycles. The van der Waals surface area contributed by atoms with Crippen LogP contribution in [0.5, 0.6) is 0 Å². The van der Waals surface area contributed by atoms with Crippen molar-refractivity contribution >= 4 is 20.9 Å². The zero-order chi connectivity index (χ0) is 14.9. The number of nitrogens with zero attached hydrogens (tertiary/aromatic N) is 3. The van der Waals surface area contributed by atoms with Crippen LogP contribution in [-0.4, -0.2) is 40.5 Å². The molecule has 21 heavy (non-hydrogen) atoms. The number of imidazole rings is 1. The Balaban J connectivity index is 1.78. The summed E-state index contributed by atoms with van der Waals surface area (Å²) >= 11 is 0. The molecule has 3 rings (SSSR count). The number of pyridine rings is 1. The van der Waals surface area contributed by atoms with Gasteiger partial charge in [-0.2, -0.15) is 0 Å². The third-order valence-electron chi connectivity index (χ3n) is 3.86. The van der Waals surface area contributed by atoms with E-state index in [1.54, 1.807) is 12.4 Å². The van der Waals surface area contributed by atoms with Crippen LogP contribution in [0.15, 0.2) is 18.5 Å². The van der Waals surface area contributed by atoms with Gasteiger partial charge in [0.25, 0.3) is 0 Å². The van der Waals surface area contributed by atoms with Crippen molar-refractivity contribution in [1.29, 1.82) is 0 Å². The Hall–Kier alpha value is -1.47. The monoisotopic (exact) mass is 308 g/mol. The van der Waals surface area contributed by atoms with E-state index in [1.807, 2.05) is 6.07 Å². The zero-order valence-corrected chi connectivity index (χ0v) is 12.9. The minimum atomic E-state index is -2.84. The van der Waals surface area contributed by atoms with Crippen LogP contribution in [0.4, 0.5) is 0 Å². The van der Waals surface area contributed by atoms with Crippen molar-refractivity contribution in [1.82, 2.24) is 19.9 Å². The van der Waals surface area contributed by atoms with Crippen molar-refractivity contribution in [2.45, 2.75) is 38.9 Å². The summed E-state index contributed by atoms with van der Waals surface area (Å²) in [5, 5.41) is 3.33. The van der Waals surface area contributed by atoms with Crippen molar-refractivity contribution in [2.24, 2.45) is 0 Å². The Kier molecular flexibility index (Phi) is 3.95. The van der Waals surface area contributed by atoms with Crippen LogP contribution >= 0.6 is 0 Å². The Morgan fingerprint density at radius 1 is 1.48 bits per heavy atom. The smallest absolute Gasteiger partial charge is 0.151 e. The molecule has 7 heteroatoms. The summed E-state index contributed by atoms with van der Waals surface area (Å²) in [4.78, 5) is 8.73. The molecule has 0 aliphatic carbocycles. The molecule has 1 N–H and O–H groups in total. The first-order chi connectivity index (χ1) is 10.1. The number of sulfone groups is 1. The molecule has 0 aromatic carbocycles. The van der Waals surface area contributed by atoms with Gasteiger partial charge in [0.05, 0.1) is 29.8 Å². The molecule has 1 atom stereocenters. The lowest BCUT2D eigenvalue weighted by Crippen LogP contribution is -2.30. The van der Waals surface area contributed by atoms with Crippen LogP contribution in [0.1, 0.15) is 25.6 Å². The molecule has 2 aromatic rings. The van der Waals surface area contributed by atoms with E-state index < -0.39 is 9.84 Å². The maximum absolute atomic E-state index is 11.5. The summed E-state index contributed by atoms with van der Waals surface area (Å²) in [6.07, 6.45) is 5.26. The molecule has 6 nitrogen and oxygen atoms in total. The second-order valence-electron chi connectivity index (χ2n) is 5.52. The number of hydrogen-bond acceptors (Lipinski definition) is 5. The fourth-order valence-corrected chi connectivity index (χ4v) is 4.54. The Morgan fingerprint density at radius 2 is 2.33 bits per heavy atom. The van der Waals surface area contributed by atoms with E-state index in [4.69, 9.17) is 0 Å². The van der Waals surface area contributed by atoms with E-state index in [9.17, 15) is 8.42 Å². The Bertz CT molecular complexity index is 739. The summed E-state index contributed by atoms with van der Waals surface area (Å²) in [5.74, 6) is 1.48. The van der Waals surface area contributed by atoms with Crippen molar-refractivity contribution < 1.29 is 8.42 Å². The van der Waals surface area contributed by atoms with Gasteiger partial charge in [0, 0.05) is 18.8 Å². The number of hydrogen-bond donors (Lipinski definition) is 1. The van der Waals surface area contributed by atoms with E-state index in [2.05, 4.69) is 26.8 Å². The first-order valence-electron chi connectivity index (χ1n) is 7.32. The van der Waals surface area contributed by atoms with Gasteiger partial charge in [0.2, 0.25) is 0 Å². The van der Waals surface area contributed by atoms with Crippen molar-refractivity contribution in [2.75, 3.05) is 11.5 Å². The number of fused-ring (bicyclic) bond motifs is 1. The van der Waals surface area contributed by atoms with Crippen molar-refractivity contribution in [3.05, 3.63) is 24.3 Å². The predicted octanol–water partition coefficient (Wildman–Crippen LogP) is 1.12. The van der Waals surface area contributed by atoms with Crippen LogP contribution in [0.25, 0.3) is 11.0 Å². The summed E-state index contributed by atoms with van der Waals surface area (Å²) < 4.78 is 25.2. The molecule has 0 spiro atoms. The van der Waals surface area contributed by atoms with Gasteiger partial charge in [-0.1, -0.05) is 6.92 Å². The number of rotatable bonds is 5. The lowest BCUT2D eigenvalue weighted by molar-refractivity contribution is 0.524. The van der Waals surface area contributed by atoms with E-state index in [1.165, 1.54) is 0 Å². The highest BCUT2D eigenvalue weighted by Crippen LogP contribution is 2.17. The summed E-state index contributed by atoms with van der Waals surface area (Å²) in [7, 11) is -2.84. The number of nitrogens with one attached hydrogen (secondary N) is 1. The first kappa shape index (κ1) is 14.5. The molecule has 1 aliphatic rings. The van der Waals surface area contributed by atoms with Crippen LogP contribution in [0.2, 0.25) is 0 Å². The molecular weight excluding hydrogens is 288 g/mol. The van der Waals surface area contributed by atoms with Gasteiger partial charge in [-0.05, 0) is 18.9 Å². The standard InChI is InChI=1S/C14H20N4O2S/c1-2-6-18-13-3-5-15-8-12(13)17-14(18)9-16-11-4-7-21(19,20)10-11/h3,5,8,11,16H,2,4,6-7,9-10H2,1H3. The molecule has 114 valence electrons. The third-order valence-corrected chi connectivity index (χ3v) is 5.63. The van der Waals surface area contributed by atoms with Crippen LogP contribution in [-0.2, 0) is 22.9 Å². The van der Waals surface area contributed by atoms with Crippen molar-refractivity contribution in [3.8, 4) is 0 Å². The summed E-state index contributed by atoms with van der Waals surface area (Å²) in [5.41, 5.74) is 1.98. The van der Waals surface area contributed by atoms with Crippen LogP contribution in [0, 0.1) is 0 Å². The second-order valence-corrected chi connectivity index (χ2v) is 7.75. The average molecular weight is 308 g/mol. The number of aryl methyl sites for hydroxylation is 1. The first-order valence-corrected chi connectivity index (χ1v) is 9.14. The quantitative estimate of drug-likeness (QED) is 0.895. The highest BCUT2D eigenvalue weighted by molar-refractivity contribution is 7.91. The van der Waals surface area contributed by atoms with Crippen LogP contribution in [0.3, 0.4) is 0 Å². The van der Waals surface area contributed by atoms with E-state index in [0.717, 1.165) is 29.8 Å². The minimum absolute atomic E-state index is 0.0445. The number of aromatic nitrogens is 3. The van der Waals surface area contributed by atoms with Gasteiger partial charge >= 0.3 is 0 Å². The van der Waals surface area contributed by atoms with E-state index in [0.29, 0.717) is 18.7 Å². The van der Waals surface area contributed by atoms with Gasteiger partial charge in [-0.15, -0.1) is 0 Å². The van der Waals surface area contributed by atoms with E-state index >= 15 is 0 Å². The third kappa shape index (κ3) is 3.08. The lowest BCUT2D eigenvalue weighted by atomic mass is 10.2. The zero-order valence-electron chi connectivity index (χ0n) is 12.1.